The zero-order valence-corrected chi connectivity index (χ0v) is 11.3. The molecule has 1 aromatic carbocycles. The van der Waals surface area contributed by atoms with Crippen LogP contribution in [0.15, 0.2) is 24.3 Å². The van der Waals surface area contributed by atoms with E-state index in [2.05, 4.69) is 4.90 Å². The first-order chi connectivity index (χ1) is 9.20. The lowest BCUT2D eigenvalue weighted by Crippen LogP contribution is -2.24. The van der Waals surface area contributed by atoms with E-state index in [1.54, 1.807) is 7.11 Å². The number of carboxylic acid groups (broad SMARTS) is 1. The molecule has 0 spiro atoms. The van der Waals surface area contributed by atoms with E-state index in [4.69, 9.17) is 4.74 Å². The van der Waals surface area contributed by atoms with E-state index in [0.717, 1.165) is 25.2 Å². The van der Waals surface area contributed by atoms with Crippen LogP contribution in [0.3, 0.4) is 0 Å². The van der Waals surface area contributed by atoms with E-state index in [9.17, 15) is 9.90 Å². The molecule has 19 heavy (non-hydrogen) atoms. The Hall–Kier alpha value is -1.55. The van der Waals surface area contributed by atoms with Gasteiger partial charge in [-0.1, -0.05) is 12.1 Å². The molecule has 0 saturated carbocycles. The average Bonchev–Trinajstić information content (AvgIpc) is 2.92. The summed E-state index contributed by atoms with van der Waals surface area (Å²) in [5.41, 5.74) is 0.825. The average molecular weight is 263 g/mol. The van der Waals surface area contributed by atoms with Gasteiger partial charge in [-0.05, 0) is 56.6 Å². The summed E-state index contributed by atoms with van der Waals surface area (Å²) in [4.78, 5) is 13.8. The van der Waals surface area contributed by atoms with Gasteiger partial charge in [-0.25, -0.2) is 0 Å². The molecule has 0 aromatic heterocycles. The van der Waals surface area contributed by atoms with E-state index in [1.165, 1.54) is 12.8 Å². The van der Waals surface area contributed by atoms with Crippen LogP contribution in [-0.2, 0) is 4.79 Å². The first-order valence-electron chi connectivity index (χ1n) is 6.80. The number of benzene rings is 1. The second-order valence-electron chi connectivity index (χ2n) is 5.00. The highest BCUT2D eigenvalue weighted by molar-refractivity contribution is 5.76. The minimum absolute atomic E-state index is 0.448. The van der Waals surface area contributed by atoms with Crippen molar-refractivity contribution in [2.24, 2.45) is 0 Å². The van der Waals surface area contributed by atoms with Crippen molar-refractivity contribution in [2.75, 3.05) is 26.7 Å². The zero-order valence-electron chi connectivity index (χ0n) is 11.3. The summed E-state index contributed by atoms with van der Waals surface area (Å²) in [6, 6.07) is 7.37. The number of hydrogen-bond acceptors (Lipinski definition) is 3. The summed E-state index contributed by atoms with van der Waals surface area (Å²) in [6.45, 7) is 3.06. The van der Waals surface area contributed by atoms with Crippen LogP contribution in [0, 0.1) is 0 Å². The molecule has 1 atom stereocenters. The van der Waals surface area contributed by atoms with E-state index in [0.29, 0.717) is 12.2 Å². The SMILES string of the molecule is COc1cccc([C@@H](CCN2CCCC2)C(=O)O)c1. The molecule has 1 fully saturated rings. The molecule has 1 aromatic rings. The Morgan fingerprint density at radius 2 is 2.16 bits per heavy atom. The molecule has 0 bridgehead atoms. The molecule has 1 heterocycles. The van der Waals surface area contributed by atoms with E-state index in [-0.39, 0.29) is 0 Å². The van der Waals surface area contributed by atoms with E-state index >= 15 is 0 Å². The maximum absolute atomic E-state index is 11.4. The summed E-state index contributed by atoms with van der Waals surface area (Å²) in [5.74, 6) is -0.493. The summed E-state index contributed by atoms with van der Waals surface area (Å²) in [7, 11) is 1.60. The fourth-order valence-corrected chi connectivity index (χ4v) is 2.61. The molecule has 1 aliphatic heterocycles. The predicted molar refractivity (Wildman–Crippen MR) is 73.7 cm³/mol. The van der Waals surface area contributed by atoms with Gasteiger partial charge in [0.25, 0.3) is 0 Å². The second kappa shape index (κ2) is 6.57. The number of rotatable bonds is 6. The van der Waals surface area contributed by atoms with Crippen molar-refractivity contribution < 1.29 is 14.6 Å². The number of carbonyl (C=O) groups is 1. The number of hydrogen-bond donors (Lipinski definition) is 1. The third-order valence-electron chi connectivity index (χ3n) is 3.73. The molecule has 1 N–H and O–H groups in total. The van der Waals surface area contributed by atoms with Crippen LogP contribution in [0.4, 0.5) is 0 Å². The van der Waals surface area contributed by atoms with Gasteiger partial charge in [0.2, 0.25) is 0 Å². The summed E-state index contributed by atoms with van der Waals surface area (Å²) < 4.78 is 5.16. The largest absolute Gasteiger partial charge is 0.497 e. The van der Waals surface area contributed by atoms with Crippen LogP contribution in [0.1, 0.15) is 30.7 Å². The lowest BCUT2D eigenvalue weighted by atomic mass is 9.95. The van der Waals surface area contributed by atoms with Crippen molar-refractivity contribution in [3.8, 4) is 5.75 Å². The highest BCUT2D eigenvalue weighted by Crippen LogP contribution is 2.25. The number of likely N-dealkylation sites (tertiary alicyclic amines) is 1. The normalized spacial score (nSPS) is 17.3. The van der Waals surface area contributed by atoms with Crippen LogP contribution in [0.5, 0.6) is 5.75 Å². The van der Waals surface area contributed by atoms with Gasteiger partial charge in [-0.2, -0.15) is 0 Å². The fraction of sp³-hybridized carbons (Fsp3) is 0.533. The summed E-state index contributed by atoms with van der Waals surface area (Å²) in [6.07, 6.45) is 3.12. The van der Waals surface area contributed by atoms with E-state index in [1.807, 2.05) is 24.3 Å². The molecule has 4 nitrogen and oxygen atoms in total. The molecule has 0 radical (unpaired) electrons. The van der Waals surface area contributed by atoms with Gasteiger partial charge >= 0.3 is 5.97 Å². The maximum atomic E-state index is 11.4. The smallest absolute Gasteiger partial charge is 0.311 e. The van der Waals surface area contributed by atoms with Crippen molar-refractivity contribution in [2.45, 2.75) is 25.2 Å². The number of aliphatic carboxylic acids is 1. The Morgan fingerprint density at radius 1 is 1.42 bits per heavy atom. The van der Waals surface area contributed by atoms with Crippen molar-refractivity contribution >= 4 is 5.97 Å². The quantitative estimate of drug-likeness (QED) is 0.856. The molecule has 0 amide bonds. The van der Waals surface area contributed by atoms with Crippen molar-refractivity contribution in [3.05, 3.63) is 29.8 Å². The minimum atomic E-state index is -0.757. The van der Waals surface area contributed by atoms with Crippen LogP contribution in [0.25, 0.3) is 0 Å². The highest BCUT2D eigenvalue weighted by atomic mass is 16.5. The van der Waals surface area contributed by atoms with Gasteiger partial charge in [0, 0.05) is 0 Å². The third kappa shape index (κ3) is 3.70. The van der Waals surface area contributed by atoms with Crippen LogP contribution in [-0.4, -0.2) is 42.7 Å². The van der Waals surface area contributed by atoms with Gasteiger partial charge < -0.3 is 14.7 Å². The number of ether oxygens (including phenoxy) is 1. The Labute approximate surface area is 114 Å². The maximum Gasteiger partial charge on any atom is 0.311 e. The Bertz CT molecular complexity index is 427. The standard InChI is InChI=1S/C15H21NO3/c1-19-13-6-4-5-12(11-13)14(15(17)18)7-10-16-8-2-3-9-16/h4-6,11,14H,2-3,7-10H2,1H3,(H,17,18)/t14-/m1/s1. The van der Waals surface area contributed by atoms with Gasteiger partial charge in [-0.15, -0.1) is 0 Å². The monoisotopic (exact) mass is 263 g/mol. The lowest BCUT2D eigenvalue weighted by Gasteiger charge is -2.19. The molecule has 4 heteroatoms. The van der Waals surface area contributed by atoms with Crippen molar-refractivity contribution in [3.63, 3.8) is 0 Å². The molecule has 2 rings (SSSR count). The van der Waals surface area contributed by atoms with Gasteiger partial charge in [0.15, 0.2) is 0 Å². The molecule has 1 saturated heterocycles. The molecule has 104 valence electrons. The predicted octanol–water partition coefficient (Wildman–Crippen LogP) is 2.35. The lowest BCUT2D eigenvalue weighted by molar-refractivity contribution is -0.139. The molecule has 0 unspecified atom stereocenters. The first kappa shape index (κ1) is 13.9. The first-order valence-corrected chi connectivity index (χ1v) is 6.80. The van der Waals surface area contributed by atoms with Crippen molar-refractivity contribution in [1.82, 2.24) is 4.90 Å². The number of methoxy groups -OCH3 is 1. The van der Waals surface area contributed by atoms with Gasteiger partial charge in [0.05, 0.1) is 13.0 Å². The number of nitrogens with zero attached hydrogens (tertiary/aromatic N) is 1. The molecular weight excluding hydrogens is 242 g/mol. The summed E-state index contributed by atoms with van der Waals surface area (Å²) >= 11 is 0. The van der Waals surface area contributed by atoms with Gasteiger partial charge in [-0.3, -0.25) is 4.79 Å². The Morgan fingerprint density at radius 3 is 2.79 bits per heavy atom. The minimum Gasteiger partial charge on any atom is -0.497 e. The van der Waals surface area contributed by atoms with Gasteiger partial charge in [0.1, 0.15) is 5.75 Å². The van der Waals surface area contributed by atoms with Crippen LogP contribution in [0.2, 0.25) is 0 Å². The second-order valence-corrected chi connectivity index (χ2v) is 5.00. The van der Waals surface area contributed by atoms with Crippen LogP contribution >= 0.6 is 0 Å². The van der Waals surface area contributed by atoms with Crippen molar-refractivity contribution in [1.29, 1.82) is 0 Å². The third-order valence-corrected chi connectivity index (χ3v) is 3.73. The number of carboxylic acids is 1. The zero-order chi connectivity index (χ0) is 13.7. The molecular formula is C15H21NO3. The Kier molecular flexibility index (Phi) is 4.80. The Balaban J connectivity index is 2.03. The molecule has 0 aliphatic carbocycles. The van der Waals surface area contributed by atoms with Crippen LogP contribution < -0.4 is 4.74 Å². The summed E-state index contributed by atoms with van der Waals surface area (Å²) in [5, 5.41) is 9.40. The highest BCUT2D eigenvalue weighted by Gasteiger charge is 2.22. The fourth-order valence-electron chi connectivity index (χ4n) is 2.61. The molecule has 1 aliphatic rings. The van der Waals surface area contributed by atoms with E-state index < -0.39 is 11.9 Å². The topological polar surface area (TPSA) is 49.8 Å².